The summed E-state index contributed by atoms with van der Waals surface area (Å²) in [4.78, 5) is 7.59. The van der Waals surface area contributed by atoms with E-state index in [0.717, 1.165) is 58.2 Å². The lowest BCUT2D eigenvalue weighted by molar-refractivity contribution is 0.0529. The lowest BCUT2D eigenvalue weighted by Crippen LogP contribution is -2.44. The number of benzene rings is 1. The molecule has 6 heteroatoms. The fraction of sp³-hybridized carbons (Fsp3) is 0.696. The number of aliphatic imine (C=N–C) groups is 1. The van der Waals surface area contributed by atoms with E-state index in [0.29, 0.717) is 0 Å². The number of aryl methyl sites for hydroxylation is 1. The fourth-order valence-corrected chi connectivity index (χ4v) is 4.53. The third-order valence-electron chi connectivity index (χ3n) is 6.22. The van der Waals surface area contributed by atoms with Gasteiger partial charge in [0, 0.05) is 38.3 Å². The Morgan fingerprint density at radius 3 is 2.52 bits per heavy atom. The molecule has 0 unspecified atom stereocenters. The Morgan fingerprint density at radius 2 is 1.83 bits per heavy atom. The molecule has 2 fully saturated rings. The lowest BCUT2D eigenvalue weighted by atomic mass is 9.72. The van der Waals surface area contributed by atoms with Crippen LogP contribution in [0, 0.1) is 6.92 Å². The van der Waals surface area contributed by atoms with E-state index in [1.54, 1.807) is 0 Å². The van der Waals surface area contributed by atoms with Crippen LogP contribution in [0.15, 0.2) is 29.3 Å². The first kappa shape index (κ1) is 24.4. The van der Waals surface area contributed by atoms with Crippen molar-refractivity contribution in [3.05, 3.63) is 35.4 Å². The smallest absolute Gasteiger partial charge is 0.191 e. The minimum Gasteiger partial charge on any atom is -0.381 e. The van der Waals surface area contributed by atoms with Gasteiger partial charge in [-0.1, -0.05) is 30.7 Å². The maximum Gasteiger partial charge on any atom is 0.191 e. The van der Waals surface area contributed by atoms with Gasteiger partial charge in [-0.05, 0) is 63.7 Å². The molecule has 2 aliphatic heterocycles. The molecule has 1 aromatic carbocycles. The molecule has 1 aromatic rings. The first-order valence-corrected chi connectivity index (χ1v) is 11.1. The number of hydrogen-bond donors (Lipinski definition) is 2. The maximum atomic E-state index is 5.69. The summed E-state index contributed by atoms with van der Waals surface area (Å²) in [6.07, 6.45) is 6.14. The lowest BCUT2D eigenvalue weighted by Gasteiger charge is -2.37. The Hall–Kier alpha value is -0.860. The Balaban J connectivity index is 0.00000300. The number of nitrogens with one attached hydrogen (secondary N) is 2. The van der Waals surface area contributed by atoms with Crippen LogP contribution in [0.1, 0.15) is 50.2 Å². The van der Waals surface area contributed by atoms with Crippen molar-refractivity contribution in [1.29, 1.82) is 0 Å². The fourth-order valence-electron chi connectivity index (χ4n) is 4.53. The largest absolute Gasteiger partial charge is 0.381 e. The van der Waals surface area contributed by atoms with E-state index >= 15 is 0 Å². The normalized spacial score (nSPS) is 20.0. The van der Waals surface area contributed by atoms with Gasteiger partial charge in [-0.3, -0.25) is 4.99 Å². The molecule has 0 aromatic heterocycles. The van der Waals surface area contributed by atoms with Crippen LogP contribution in [0.25, 0.3) is 0 Å². The molecular formula is C23H39IN4O. The van der Waals surface area contributed by atoms with Crippen LogP contribution in [0.3, 0.4) is 0 Å². The van der Waals surface area contributed by atoms with Gasteiger partial charge in [0.25, 0.3) is 0 Å². The van der Waals surface area contributed by atoms with Crippen molar-refractivity contribution in [3.8, 4) is 0 Å². The van der Waals surface area contributed by atoms with Crippen LogP contribution in [-0.2, 0) is 10.2 Å². The monoisotopic (exact) mass is 514 g/mol. The first-order valence-electron chi connectivity index (χ1n) is 11.1. The van der Waals surface area contributed by atoms with Gasteiger partial charge in [-0.2, -0.15) is 0 Å². The molecule has 2 saturated heterocycles. The second kappa shape index (κ2) is 12.7. The third kappa shape index (κ3) is 7.10. The van der Waals surface area contributed by atoms with E-state index in [9.17, 15) is 0 Å². The summed E-state index contributed by atoms with van der Waals surface area (Å²) in [5.74, 6) is 0.943. The molecule has 0 spiro atoms. The van der Waals surface area contributed by atoms with E-state index in [-0.39, 0.29) is 29.4 Å². The third-order valence-corrected chi connectivity index (χ3v) is 6.22. The van der Waals surface area contributed by atoms with Crippen LogP contribution in [0.4, 0.5) is 0 Å². The number of halogens is 1. The highest BCUT2D eigenvalue weighted by molar-refractivity contribution is 14.0. The first-order chi connectivity index (χ1) is 13.7. The molecule has 3 rings (SSSR count). The van der Waals surface area contributed by atoms with Crippen molar-refractivity contribution in [1.82, 2.24) is 15.5 Å². The van der Waals surface area contributed by atoms with Gasteiger partial charge in [0.2, 0.25) is 0 Å². The summed E-state index contributed by atoms with van der Waals surface area (Å²) in [6.45, 7) is 12.2. The highest BCUT2D eigenvalue weighted by Gasteiger charge is 2.35. The zero-order valence-electron chi connectivity index (χ0n) is 18.2. The predicted molar refractivity (Wildman–Crippen MR) is 133 cm³/mol. The number of ether oxygens (including phenoxy) is 1. The number of guanidine groups is 1. The van der Waals surface area contributed by atoms with Gasteiger partial charge in [0.1, 0.15) is 0 Å². The Morgan fingerprint density at radius 1 is 1.10 bits per heavy atom. The Kier molecular flexibility index (Phi) is 10.7. The van der Waals surface area contributed by atoms with Gasteiger partial charge >= 0.3 is 0 Å². The summed E-state index contributed by atoms with van der Waals surface area (Å²) in [5.41, 5.74) is 2.88. The minimum atomic E-state index is 0. The highest BCUT2D eigenvalue weighted by atomic mass is 127. The molecule has 0 saturated carbocycles. The minimum absolute atomic E-state index is 0. The zero-order valence-corrected chi connectivity index (χ0v) is 20.5. The van der Waals surface area contributed by atoms with E-state index in [4.69, 9.17) is 9.73 Å². The molecule has 0 atom stereocenters. The van der Waals surface area contributed by atoms with Crippen LogP contribution in [-0.4, -0.2) is 63.3 Å². The molecule has 2 aliphatic rings. The maximum absolute atomic E-state index is 5.69. The van der Waals surface area contributed by atoms with Gasteiger partial charge < -0.3 is 20.3 Å². The van der Waals surface area contributed by atoms with Crippen LogP contribution in [0.2, 0.25) is 0 Å². The van der Waals surface area contributed by atoms with Gasteiger partial charge in [0.05, 0.1) is 6.54 Å². The van der Waals surface area contributed by atoms with E-state index in [2.05, 4.69) is 53.6 Å². The topological polar surface area (TPSA) is 48.9 Å². The Labute approximate surface area is 194 Å². The standard InChI is InChI=1S/C23H38N4O.HI/c1-3-24-22(25-13-16-27-14-7-4-8-15-27)26-19-23(11-17-28-18-12-23)21-10-6-5-9-20(21)2;/h5-6,9-10H,3-4,7-8,11-19H2,1-2H3,(H2,24,25,26);1H. The molecule has 5 nitrogen and oxygen atoms in total. The number of likely N-dealkylation sites (tertiary alicyclic amines) is 1. The van der Waals surface area contributed by atoms with Crippen molar-refractivity contribution >= 4 is 29.9 Å². The van der Waals surface area contributed by atoms with E-state index in [1.165, 1.54) is 43.5 Å². The summed E-state index contributed by atoms with van der Waals surface area (Å²) in [5, 5.41) is 6.99. The molecule has 0 aliphatic carbocycles. The molecule has 2 heterocycles. The van der Waals surface area contributed by atoms with Crippen molar-refractivity contribution in [2.24, 2.45) is 4.99 Å². The Bertz CT molecular complexity index is 625. The highest BCUT2D eigenvalue weighted by Crippen LogP contribution is 2.37. The van der Waals surface area contributed by atoms with Crippen LogP contribution < -0.4 is 10.6 Å². The molecule has 29 heavy (non-hydrogen) atoms. The summed E-state index contributed by atoms with van der Waals surface area (Å²) in [6, 6.07) is 8.79. The van der Waals surface area contributed by atoms with Gasteiger partial charge in [0.15, 0.2) is 5.96 Å². The molecular weight excluding hydrogens is 475 g/mol. The number of rotatable bonds is 7. The van der Waals surface area contributed by atoms with Crippen LogP contribution in [0.5, 0.6) is 0 Å². The second-order valence-electron chi connectivity index (χ2n) is 8.23. The van der Waals surface area contributed by atoms with Crippen molar-refractivity contribution < 1.29 is 4.74 Å². The molecule has 164 valence electrons. The summed E-state index contributed by atoms with van der Waals surface area (Å²) in [7, 11) is 0. The quantitative estimate of drug-likeness (QED) is 0.331. The van der Waals surface area contributed by atoms with Crippen LogP contribution >= 0.6 is 24.0 Å². The SMILES string of the molecule is CCNC(=NCC1(c2ccccc2C)CCOCC1)NCCN1CCCCC1.I. The summed E-state index contributed by atoms with van der Waals surface area (Å²) >= 11 is 0. The van der Waals surface area contributed by atoms with E-state index in [1.807, 2.05) is 0 Å². The molecule has 0 radical (unpaired) electrons. The van der Waals surface area contributed by atoms with Crippen molar-refractivity contribution in [2.75, 3.05) is 52.5 Å². The van der Waals surface area contributed by atoms with Gasteiger partial charge in [-0.25, -0.2) is 0 Å². The molecule has 0 bridgehead atoms. The molecule has 2 N–H and O–H groups in total. The van der Waals surface area contributed by atoms with Crippen molar-refractivity contribution in [3.63, 3.8) is 0 Å². The second-order valence-corrected chi connectivity index (χ2v) is 8.23. The average Bonchev–Trinajstić information content (AvgIpc) is 2.74. The predicted octanol–water partition coefficient (Wildman–Crippen LogP) is 3.70. The number of nitrogens with zero attached hydrogens (tertiary/aromatic N) is 2. The zero-order chi connectivity index (χ0) is 19.7. The summed E-state index contributed by atoms with van der Waals surface area (Å²) < 4.78 is 5.69. The average molecular weight is 514 g/mol. The number of piperidine rings is 1. The van der Waals surface area contributed by atoms with Crippen molar-refractivity contribution in [2.45, 2.75) is 51.4 Å². The van der Waals surface area contributed by atoms with E-state index < -0.39 is 0 Å². The molecule has 0 amide bonds. The number of hydrogen-bond acceptors (Lipinski definition) is 3. The van der Waals surface area contributed by atoms with Gasteiger partial charge in [-0.15, -0.1) is 24.0 Å².